The molecule has 1 aromatic carbocycles. The van der Waals surface area contributed by atoms with E-state index in [0.717, 1.165) is 29.1 Å². The summed E-state index contributed by atoms with van der Waals surface area (Å²) in [6.45, 7) is 1.65. The molecule has 1 aliphatic heterocycles. The highest BCUT2D eigenvalue weighted by Gasteiger charge is 2.22. The van der Waals surface area contributed by atoms with Gasteiger partial charge in [-0.1, -0.05) is 18.2 Å². The lowest BCUT2D eigenvalue weighted by atomic mass is 9.99. The molecule has 0 saturated heterocycles. The van der Waals surface area contributed by atoms with Crippen molar-refractivity contribution >= 4 is 6.03 Å². The first kappa shape index (κ1) is 17.1. The molecule has 27 heavy (non-hydrogen) atoms. The van der Waals surface area contributed by atoms with E-state index in [9.17, 15) is 4.79 Å². The van der Waals surface area contributed by atoms with Crippen molar-refractivity contribution in [2.75, 3.05) is 13.7 Å². The maximum absolute atomic E-state index is 12.7. The Morgan fingerprint density at radius 1 is 1.26 bits per heavy atom. The van der Waals surface area contributed by atoms with Crippen LogP contribution < -0.4 is 10.1 Å². The third-order valence-electron chi connectivity index (χ3n) is 4.78. The Morgan fingerprint density at radius 3 is 3.00 bits per heavy atom. The molecule has 0 unspecified atom stereocenters. The van der Waals surface area contributed by atoms with Crippen molar-refractivity contribution in [1.82, 2.24) is 24.8 Å². The first-order valence-electron chi connectivity index (χ1n) is 8.86. The van der Waals surface area contributed by atoms with Crippen molar-refractivity contribution in [2.45, 2.75) is 19.5 Å². The molecule has 138 valence electrons. The Balaban J connectivity index is 1.44. The van der Waals surface area contributed by atoms with Gasteiger partial charge in [0.25, 0.3) is 0 Å². The lowest BCUT2D eigenvalue weighted by molar-refractivity contribution is 0.191. The van der Waals surface area contributed by atoms with Crippen molar-refractivity contribution in [1.29, 1.82) is 0 Å². The van der Waals surface area contributed by atoms with Gasteiger partial charge >= 0.3 is 6.03 Å². The largest absolute Gasteiger partial charge is 0.496 e. The van der Waals surface area contributed by atoms with Crippen molar-refractivity contribution in [3.05, 3.63) is 71.9 Å². The Morgan fingerprint density at radius 2 is 2.19 bits per heavy atom. The van der Waals surface area contributed by atoms with Crippen molar-refractivity contribution in [2.24, 2.45) is 0 Å². The van der Waals surface area contributed by atoms with Gasteiger partial charge in [0.1, 0.15) is 17.9 Å². The van der Waals surface area contributed by atoms with Gasteiger partial charge in [0.15, 0.2) is 0 Å². The molecular formula is C20H21N5O2. The molecule has 1 aliphatic rings. The van der Waals surface area contributed by atoms with Crippen LogP contribution in [0.2, 0.25) is 0 Å². The predicted octanol–water partition coefficient (Wildman–Crippen LogP) is 2.54. The number of rotatable bonds is 4. The Hall–Kier alpha value is -3.35. The molecule has 7 nitrogen and oxygen atoms in total. The van der Waals surface area contributed by atoms with Crippen molar-refractivity contribution in [3.63, 3.8) is 0 Å². The fourth-order valence-electron chi connectivity index (χ4n) is 3.41. The second-order valence-electron chi connectivity index (χ2n) is 6.38. The molecule has 0 bridgehead atoms. The zero-order chi connectivity index (χ0) is 18.6. The van der Waals surface area contributed by atoms with Gasteiger partial charge in [-0.25, -0.2) is 14.8 Å². The molecule has 7 heteroatoms. The molecule has 1 N–H and O–H groups in total. The number of ether oxygens (including phenoxy) is 1. The second kappa shape index (κ2) is 7.49. The normalized spacial score (nSPS) is 13.1. The van der Waals surface area contributed by atoms with Crippen LogP contribution in [-0.2, 0) is 19.5 Å². The summed E-state index contributed by atoms with van der Waals surface area (Å²) < 4.78 is 7.27. The van der Waals surface area contributed by atoms with Gasteiger partial charge in [-0.05, 0) is 24.1 Å². The lowest BCUT2D eigenvalue weighted by Crippen LogP contribution is -2.42. The van der Waals surface area contributed by atoms with Crippen LogP contribution in [0.15, 0.2) is 55.2 Å². The molecular weight excluding hydrogens is 342 g/mol. The molecule has 0 radical (unpaired) electrons. The zero-order valence-electron chi connectivity index (χ0n) is 15.1. The summed E-state index contributed by atoms with van der Waals surface area (Å²) in [7, 11) is 1.68. The number of hydrogen-bond donors (Lipinski definition) is 1. The molecule has 2 aromatic heterocycles. The van der Waals surface area contributed by atoms with E-state index in [1.807, 2.05) is 39.9 Å². The van der Waals surface area contributed by atoms with Gasteiger partial charge < -0.3 is 15.0 Å². The number of methoxy groups -OCH3 is 1. The van der Waals surface area contributed by atoms with E-state index in [4.69, 9.17) is 4.74 Å². The number of fused-ring (bicyclic) bond motifs is 1. The average Bonchev–Trinajstić information content (AvgIpc) is 3.26. The number of pyridine rings is 1. The van der Waals surface area contributed by atoms with Gasteiger partial charge in [0.2, 0.25) is 0 Å². The monoisotopic (exact) mass is 363 g/mol. The summed E-state index contributed by atoms with van der Waals surface area (Å²) in [5, 5.41) is 3.01. The second-order valence-corrected chi connectivity index (χ2v) is 6.38. The standard InChI is InChI=1S/C20H21N5O2/c1-27-18-6-2-4-16-13-24(10-7-17(16)18)20(26)23-12-15-5-3-8-22-19(15)25-11-9-21-14-25/h2-6,8-9,11,14H,7,10,12-13H2,1H3,(H,23,26). The molecule has 0 fully saturated rings. The smallest absolute Gasteiger partial charge is 0.317 e. The van der Waals surface area contributed by atoms with E-state index >= 15 is 0 Å². The minimum Gasteiger partial charge on any atom is -0.496 e. The van der Waals surface area contributed by atoms with E-state index in [1.165, 1.54) is 5.56 Å². The highest BCUT2D eigenvalue weighted by molar-refractivity contribution is 5.74. The summed E-state index contributed by atoms with van der Waals surface area (Å²) in [5.41, 5.74) is 3.26. The van der Waals surface area contributed by atoms with Crippen LogP contribution in [-0.4, -0.2) is 39.1 Å². The van der Waals surface area contributed by atoms with Gasteiger partial charge in [-0.3, -0.25) is 4.57 Å². The molecule has 2 amide bonds. The van der Waals surface area contributed by atoms with Crippen molar-refractivity contribution in [3.8, 4) is 11.6 Å². The minimum atomic E-state index is -0.0797. The van der Waals surface area contributed by atoms with Crippen LogP contribution >= 0.6 is 0 Å². The summed E-state index contributed by atoms with van der Waals surface area (Å²) in [4.78, 5) is 23.0. The van der Waals surface area contributed by atoms with Gasteiger partial charge in [0.05, 0.1) is 7.11 Å². The SMILES string of the molecule is COc1cccc2c1CCN(C(=O)NCc1cccnc1-n1ccnc1)C2. The van der Waals surface area contributed by atoms with E-state index in [-0.39, 0.29) is 6.03 Å². The third kappa shape index (κ3) is 3.48. The molecule has 3 heterocycles. The highest BCUT2D eigenvalue weighted by Crippen LogP contribution is 2.27. The van der Waals surface area contributed by atoms with Crippen LogP contribution in [0.25, 0.3) is 5.82 Å². The lowest BCUT2D eigenvalue weighted by Gasteiger charge is -2.30. The Bertz CT molecular complexity index is 939. The summed E-state index contributed by atoms with van der Waals surface area (Å²) in [6, 6.07) is 9.73. The van der Waals surface area contributed by atoms with E-state index in [2.05, 4.69) is 21.4 Å². The fourth-order valence-corrected chi connectivity index (χ4v) is 3.41. The minimum absolute atomic E-state index is 0.0797. The number of carbonyl (C=O) groups excluding carboxylic acids is 1. The van der Waals surface area contributed by atoms with Crippen LogP contribution in [0, 0.1) is 0 Å². The number of amides is 2. The molecule has 0 saturated carbocycles. The number of aromatic nitrogens is 3. The van der Waals surface area contributed by atoms with Gasteiger partial charge in [0, 0.05) is 49.4 Å². The van der Waals surface area contributed by atoms with E-state index in [1.54, 1.807) is 25.8 Å². The third-order valence-corrected chi connectivity index (χ3v) is 4.78. The Labute approximate surface area is 157 Å². The topological polar surface area (TPSA) is 72.3 Å². The molecule has 3 aromatic rings. The highest BCUT2D eigenvalue weighted by atomic mass is 16.5. The number of benzene rings is 1. The van der Waals surface area contributed by atoms with Crippen molar-refractivity contribution < 1.29 is 9.53 Å². The van der Waals surface area contributed by atoms with Crippen LogP contribution in [0.1, 0.15) is 16.7 Å². The molecule has 0 atom stereocenters. The van der Waals surface area contributed by atoms with Gasteiger partial charge in [-0.15, -0.1) is 0 Å². The quantitative estimate of drug-likeness (QED) is 0.773. The molecule has 4 rings (SSSR count). The summed E-state index contributed by atoms with van der Waals surface area (Å²) in [6.07, 6.45) is 7.76. The molecule has 0 aliphatic carbocycles. The van der Waals surface area contributed by atoms with Crippen LogP contribution in [0.3, 0.4) is 0 Å². The zero-order valence-corrected chi connectivity index (χ0v) is 15.1. The summed E-state index contributed by atoms with van der Waals surface area (Å²) >= 11 is 0. The Kier molecular flexibility index (Phi) is 4.74. The number of nitrogens with one attached hydrogen (secondary N) is 1. The maximum atomic E-state index is 12.7. The number of nitrogens with zero attached hydrogens (tertiary/aromatic N) is 4. The first-order valence-corrected chi connectivity index (χ1v) is 8.86. The summed E-state index contributed by atoms with van der Waals surface area (Å²) in [5.74, 6) is 1.66. The van der Waals surface area contributed by atoms with E-state index < -0.39 is 0 Å². The number of urea groups is 1. The number of carbonyl (C=O) groups is 1. The number of hydrogen-bond acceptors (Lipinski definition) is 4. The number of imidazole rings is 1. The van der Waals surface area contributed by atoms with Crippen LogP contribution in [0.4, 0.5) is 4.79 Å². The maximum Gasteiger partial charge on any atom is 0.317 e. The molecule has 0 spiro atoms. The first-order chi connectivity index (χ1) is 13.3. The van der Waals surface area contributed by atoms with Gasteiger partial charge in [-0.2, -0.15) is 0 Å². The fraction of sp³-hybridized carbons (Fsp3) is 0.250. The predicted molar refractivity (Wildman–Crippen MR) is 101 cm³/mol. The van der Waals surface area contributed by atoms with E-state index in [0.29, 0.717) is 19.6 Å². The average molecular weight is 363 g/mol. The van der Waals surface area contributed by atoms with Crippen LogP contribution in [0.5, 0.6) is 5.75 Å².